The number of carbonyl (C=O) groups is 2. The van der Waals surface area contributed by atoms with Gasteiger partial charge in [0.1, 0.15) is 11.7 Å². The van der Waals surface area contributed by atoms with Crippen LogP contribution in [0.25, 0.3) is 0 Å². The number of benzene rings is 3. The molecule has 0 bridgehead atoms. The van der Waals surface area contributed by atoms with E-state index in [-0.39, 0.29) is 41.3 Å². The standard InChI is InChI=1S/C26H23ClN6O2.2ClH/c27-22-10-5-18(25(34)32-19-6-1-16(2-7-19)23-28-11-12-29-23)15-21(22)26(35)33-20-8-3-17(4-9-20)24-30-13-14-31-24;;/h1-10,15H,11-14H2,(H,28,29)(H,30,31)(H,32,34)(H,33,35);2*1H. The Bertz CT molecular complexity index is 1340. The Balaban J connectivity index is 0.00000190. The Morgan fingerprint density at radius 3 is 1.65 bits per heavy atom. The van der Waals surface area contributed by atoms with Crippen LogP contribution in [0.15, 0.2) is 76.7 Å². The number of rotatable bonds is 6. The molecule has 4 N–H and O–H groups in total. The molecule has 0 saturated heterocycles. The molecule has 37 heavy (non-hydrogen) atoms. The first-order valence-corrected chi connectivity index (χ1v) is 11.6. The number of hydrogen-bond donors (Lipinski definition) is 4. The molecule has 3 aromatic rings. The summed E-state index contributed by atoms with van der Waals surface area (Å²) in [4.78, 5) is 34.5. The van der Waals surface area contributed by atoms with Gasteiger partial charge in [0, 0.05) is 41.2 Å². The third-order valence-corrected chi connectivity index (χ3v) is 5.98. The number of amides is 2. The molecule has 2 aliphatic heterocycles. The summed E-state index contributed by atoms with van der Waals surface area (Å²) in [5, 5.41) is 12.4. The second kappa shape index (κ2) is 12.6. The van der Waals surface area contributed by atoms with Gasteiger partial charge in [0.25, 0.3) is 11.8 Å². The highest BCUT2D eigenvalue weighted by Gasteiger charge is 2.16. The Labute approximate surface area is 231 Å². The number of anilines is 2. The number of nitrogens with one attached hydrogen (secondary N) is 4. The molecule has 192 valence electrons. The lowest BCUT2D eigenvalue weighted by Gasteiger charge is -2.11. The van der Waals surface area contributed by atoms with Gasteiger partial charge < -0.3 is 21.3 Å². The second-order valence-electron chi connectivity index (χ2n) is 8.07. The van der Waals surface area contributed by atoms with E-state index < -0.39 is 5.91 Å². The van der Waals surface area contributed by atoms with Crippen LogP contribution >= 0.6 is 36.4 Å². The predicted molar refractivity (Wildman–Crippen MR) is 154 cm³/mol. The monoisotopic (exact) mass is 558 g/mol. The molecule has 11 heteroatoms. The number of halogens is 3. The molecule has 5 rings (SSSR count). The average Bonchev–Trinajstić information content (AvgIpc) is 3.60. The highest BCUT2D eigenvalue weighted by atomic mass is 35.5. The molecule has 0 spiro atoms. The van der Waals surface area contributed by atoms with E-state index in [0.29, 0.717) is 16.9 Å². The zero-order valence-corrected chi connectivity index (χ0v) is 22.0. The fourth-order valence-corrected chi connectivity index (χ4v) is 4.05. The molecule has 3 aromatic carbocycles. The minimum Gasteiger partial charge on any atom is -0.368 e. The summed E-state index contributed by atoms with van der Waals surface area (Å²) in [7, 11) is 0. The van der Waals surface area contributed by atoms with Crippen molar-refractivity contribution in [3.63, 3.8) is 0 Å². The van der Waals surface area contributed by atoms with Gasteiger partial charge in [-0.3, -0.25) is 19.6 Å². The summed E-state index contributed by atoms with van der Waals surface area (Å²) in [6.45, 7) is 3.18. The summed E-state index contributed by atoms with van der Waals surface area (Å²) in [6.07, 6.45) is 0. The van der Waals surface area contributed by atoms with Gasteiger partial charge in [-0.05, 0) is 66.7 Å². The molecule has 0 atom stereocenters. The second-order valence-corrected chi connectivity index (χ2v) is 8.48. The van der Waals surface area contributed by atoms with Crippen molar-refractivity contribution in [1.29, 1.82) is 0 Å². The molecular formula is C26H25Cl3N6O2. The summed E-state index contributed by atoms with van der Waals surface area (Å²) in [6, 6.07) is 19.4. The van der Waals surface area contributed by atoms with Gasteiger partial charge in [-0.15, -0.1) is 24.8 Å². The van der Waals surface area contributed by atoms with E-state index in [1.54, 1.807) is 24.3 Å². The molecule has 0 saturated carbocycles. The quantitative estimate of drug-likeness (QED) is 0.359. The van der Waals surface area contributed by atoms with Crippen LogP contribution in [0.5, 0.6) is 0 Å². The van der Waals surface area contributed by atoms with Crippen LogP contribution in [0.1, 0.15) is 31.8 Å². The molecule has 0 fully saturated rings. The van der Waals surface area contributed by atoms with E-state index in [2.05, 4.69) is 31.3 Å². The first-order valence-electron chi connectivity index (χ1n) is 11.3. The molecule has 8 nitrogen and oxygen atoms in total. The molecule has 0 aliphatic carbocycles. The number of amidine groups is 2. The lowest BCUT2D eigenvalue weighted by Crippen LogP contribution is -2.19. The highest BCUT2D eigenvalue weighted by Crippen LogP contribution is 2.21. The summed E-state index contributed by atoms with van der Waals surface area (Å²) < 4.78 is 0. The third kappa shape index (κ3) is 6.60. The molecule has 0 unspecified atom stereocenters. The smallest absolute Gasteiger partial charge is 0.257 e. The molecule has 2 amide bonds. The highest BCUT2D eigenvalue weighted by molar-refractivity contribution is 6.34. The zero-order chi connectivity index (χ0) is 24.2. The van der Waals surface area contributed by atoms with E-state index in [1.807, 2.05) is 36.4 Å². The van der Waals surface area contributed by atoms with Gasteiger partial charge in [-0.25, -0.2) is 0 Å². The molecule has 2 heterocycles. The Hall–Kier alpha value is -3.59. The lowest BCUT2D eigenvalue weighted by atomic mass is 10.1. The SMILES string of the molecule is Cl.Cl.O=C(Nc1ccc(C2=NCCN2)cc1)c1ccc(Cl)c(C(=O)Nc2ccc(C3=NCCN3)cc2)c1. The lowest BCUT2D eigenvalue weighted by molar-refractivity contribution is 0.102. The third-order valence-electron chi connectivity index (χ3n) is 5.65. The largest absolute Gasteiger partial charge is 0.368 e. The van der Waals surface area contributed by atoms with Crippen LogP contribution in [0, 0.1) is 0 Å². The average molecular weight is 560 g/mol. The molecule has 0 aromatic heterocycles. The minimum atomic E-state index is -0.400. The van der Waals surface area contributed by atoms with Crippen molar-refractivity contribution in [3.8, 4) is 0 Å². The van der Waals surface area contributed by atoms with Crippen molar-refractivity contribution in [2.24, 2.45) is 9.98 Å². The van der Waals surface area contributed by atoms with Crippen LogP contribution in [0.3, 0.4) is 0 Å². The summed E-state index contributed by atoms with van der Waals surface area (Å²) in [5.74, 6) is 0.968. The maximum Gasteiger partial charge on any atom is 0.257 e. The van der Waals surface area contributed by atoms with Crippen molar-refractivity contribution in [2.45, 2.75) is 0 Å². The van der Waals surface area contributed by atoms with Crippen LogP contribution in [-0.2, 0) is 0 Å². The van der Waals surface area contributed by atoms with Crippen molar-refractivity contribution >= 4 is 71.3 Å². The van der Waals surface area contributed by atoms with Crippen molar-refractivity contribution in [1.82, 2.24) is 10.6 Å². The first-order chi connectivity index (χ1) is 17.1. The van der Waals surface area contributed by atoms with Crippen molar-refractivity contribution in [2.75, 3.05) is 36.8 Å². The minimum absolute atomic E-state index is 0. The fourth-order valence-electron chi connectivity index (χ4n) is 3.85. The topological polar surface area (TPSA) is 107 Å². The van der Waals surface area contributed by atoms with E-state index in [0.717, 1.165) is 49.0 Å². The maximum atomic E-state index is 12.9. The van der Waals surface area contributed by atoms with Crippen LogP contribution < -0.4 is 21.3 Å². The van der Waals surface area contributed by atoms with Crippen molar-refractivity contribution < 1.29 is 9.59 Å². The van der Waals surface area contributed by atoms with Gasteiger partial charge in [-0.1, -0.05) is 11.6 Å². The Kier molecular flexibility index (Phi) is 9.52. The van der Waals surface area contributed by atoms with Gasteiger partial charge >= 0.3 is 0 Å². The number of nitrogens with zero attached hydrogens (tertiary/aromatic N) is 2. The van der Waals surface area contributed by atoms with Crippen LogP contribution in [-0.4, -0.2) is 49.7 Å². The summed E-state index contributed by atoms with van der Waals surface area (Å²) >= 11 is 6.28. The number of aliphatic imine (C=N–C) groups is 2. The number of carbonyl (C=O) groups excluding carboxylic acids is 2. The predicted octanol–water partition coefficient (Wildman–Crippen LogP) is 4.39. The maximum absolute atomic E-state index is 12.9. The molecule has 2 aliphatic rings. The van der Waals surface area contributed by atoms with Gasteiger partial charge in [-0.2, -0.15) is 0 Å². The van der Waals surface area contributed by atoms with E-state index in [9.17, 15) is 9.59 Å². The molecular weight excluding hydrogens is 535 g/mol. The molecule has 0 radical (unpaired) electrons. The van der Waals surface area contributed by atoms with Gasteiger partial charge in [0.05, 0.1) is 23.7 Å². The van der Waals surface area contributed by atoms with Gasteiger partial charge in [0.2, 0.25) is 0 Å². The Morgan fingerprint density at radius 1 is 0.703 bits per heavy atom. The fraction of sp³-hybridized carbons (Fsp3) is 0.154. The van der Waals surface area contributed by atoms with Crippen molar-refractivity contribution in [3.05, 3.63) is 94.0 Å². The Morgan fingerprint density at radius 2 is 1.19 bits per heavy atom. The first kappa shape index (κ1) is 28.0. The normalized spacial score (nSPS) is 13.6. The van der Waals surface area contributed by atoms with E-state index in [1.165, 1.54) is 6.07 Å². The van der Waals surface area contributed by atoms with E-state index >= 15 is 0 Å². The number of hydrogen-bond acceptors (Lipinski definition) is 6. The summed E-state index contributed by atoms with van der Waals surface area (Å²) in [5.41, 5.74) is 3.71. The van der Waals surface area contributed by atoms with Crippen LogP contribution in [0.4, 0.5) is 11.4 Å². The zero-order valence-electron chi connectivity index (χ0n) is 19.6. The van der Waals surface area contributed by atoms with Gasteiger partial charge in [0.15, 0.2) is 0 Å². The van der Waals surface area contributed by atoms with E-state index in [4.69, 9.17) is 11.6 Å². The van der Waals surface area contributed by atoms with Crippen LogP contribution in [0.2, 0.25) is 5.02 Å².